The molecule has 18 heavy (non-hydrogen) atoms. The second-order valence-corrected chi connectivity index (χ2v) is 4.53. The fourth-order valence-corrected chi connectivity index (χ4v) is 2.05. The van der Waals surface area contributed by atoms with Gasteiger partial charge < -0.3 is 4.74 Å². The summed E-state index contributed by atoms with van der Waals surface area (Å²) in [4.78, 5) is 33.3. The molecule has 0 bridgehead atoms. The zero-order valence-corrected chi connectivity index (χ0v) is 10.2. The van der Waals surface area contributed by atoms with E-state index in [0.29, 0.717) is 10.7 Å². The minimum atomic E-state index is -0.394. The number of nitrogens with one attached hydrogen (secondary N) is 1. The number of imide groups is 1. The fraction of sp³-hybridized carbons (Fsp3) is 0.0833. The van der Waals surface area contributed by atoms with Gasteiger partial charge in [0.2, 0.25) is 0 Å². The molecule has 6 heteroatoms. The van der Waals surface area contributed by atoms with Crippen LogP contribution >= 0.6 is 11.8 Å². The molecule has 1 N–H and O–H groups in total. The summed E-state index contributed by atoms with van der Waals surface area (Å²) in [5.41, 5.74) is 0.748. The first kappa shape index (κ1) is 12.4. The van der Waals surface area contributed by atoms with E-state index in [0.717, 1.165) is 17.3 Å². The van der Waals surface area contributed by atoms with Crippen LogP contribution in [0, 0.1) is 0 Å². The molecule has 0 saturated carbocycles. The van der Waals surface area contributed by atoms with Crippen molar-refractivity contribution in [3.63, 3.8) is 0 Å². The maximum atomic E-state index is 11.3. The Balaban J connectivity index is 2.15. The number of amides is 2. The number of thioether (sulfide) groups is 1. The number of esters is 1. The van der Waals surface area contributed by atoms with E-state index in [2.05, 4.69) is 5.32 Å². The second-order valence-electron chi connectivity index (χ2n) is 3.51. The van der Waals surface area contributed by atoms with Gasteiger partial charge in [0, 0.05) is 6.92 Å². The van der Waals surface area contributed by atoms with Crippen LogP contribution in [0.25, 0.3) is 6.08 Å². The van der Waals surface area contributed by atoms with Crippen LogP contribution in [0.5, 0.6) is 5.75 Å². The molecular weight excluding hydrogens is 254 g/mol. The second kappa shape index (κ2) is 5.05. The zero-order chi connectivity index (χ0) is 13.1. The van der Waals surface area contributed by atoms with Crippen molar-refractivity contribution in [2.75, 3.05) is 0 Å². The number of hydrogen-bond donors (Lipinski definition) is 1. The highest BCUT2D eigenvalue weighted by molar-refractivity contribution is 8.18. The third-order valence-electron chi connectivity index (χ3n) is 2.08. The van der Waals surface area contributed by atoms with E-state index >= 15 is 0 Å². The van der Waals surface area contributed by atoms with Crippen LogP contribution in [0.1, 0.15) is 12.5 Å². The molecule has 1 fully saturated rings. The fourth-order valence-electron chi connectivity index (χ4n) is 1.37. The number of hydrogen-bond acceptors (Lipinski definition) is 5. The Bertz CT molecular complexity index is 548. The van der Waals surface area contributed by atoms with E-state index in [-0.39, 0.29) is 5.24 Å². The largest absolute Gasteiger partial charge is 0.427 e. The van der Waals surface area contributed by atoms with Gasteiger partial charge in [0.05, 0.1) is 4.91 Å². The van der Waals surface area contributed by atoms with Gasteiger partial charge in [0.1, 0.15) is 5.75 Å². The summed E-state index contributed by atoms with van der Waals surface area (Å²) in [5.74, 6) is -0.351. The minimum Gasteiger partial charge on any atom is -0.427 e. The molecule has 1 saturated heterocycles. The number of rotatable bonds is 2. The summed E-state index contributed by atoms with van der Waals surface area (Å²) >= 11 is 0.860. The maximum absolute atomic E-state index is 11.3. The lowest BCUT2D eigenvalue weighted by Gasteiger charge is -2.01. The van der Waals surface area contributed by atoms with Crippen molar-refractivity contribution < 1.29 is 19.1 Å². The van der Waals surface area contributed by atoms with Crippen LogP contribution < -0.4 is 10.1 Å². The van der Waals surface area contributed by atoms with Gasteiger partial charge in [-0.1, -0.05) is 12.1 Å². The van der Waals surface area contributed by atoms with Gasteiger partial charge in [-0.25, -0.2) is 0 Å². The topological polar surface area (TPSA) is 72.5 Å². The van der Waals surface area contributed by atoms with E-state index in [1.165, 1.54) is 6.92 Å². The Morgan fingerprint density at radius 1 is 1.28 bits per heavy atom. The van der Waals surface area contributed by atoms with Crippen molar-refractivity contribution in [3.05, 3.63) is 34.7 Å². The molecule has 1 aliphatic heterocycles. The van der Waals surface area contributed by atoms with Crippen LogP contribution in [0.2, 0.25) is 0 Å². The lowest BCUT2D eigenvalue weighted by Crippen LogP contribution is -2.17. The van der Waals surface area contributed by atoms with E-state index < -0.39 is 11.9 Å². The molecule has 2 amide bonds. The highest BCUT2D eigenvalue weighted by Gasteiger charge is 2.24. The smallest absolute Gasteiger partial charge is 0.308 e. The van der Waals surface area contributed by atoms with Crippen molar-refractivity contribution in [2.24, 2.45) is 0 Å². The van der Waals surface area contributed by atoms with Crippen molar-refractivity contribution in [1.82, 2.24) is 5.32 Å². The van der Waals surface area contributed by atoms with Crippen LogP contribution in [-0.4, -0.2) is 17.1 Å². The van der Waals surface area contributed by atoms with E-state index in [9.17, 15) is 14.4 Å². The average Bonchev–Trinajstić information content (AvgIpc) is 2.59. The third-order valence-corrected chi connectivity index (χ3v) is 2.89. The average molecular weight is 263 g/mol. The highest BCUT2D eigenvalue weighted by Crippen LogP contribution is 2.26. The first-order chi connectivity index (χ1) is 8.54. The van der Waals surface area contributed by atoms with Gasteiger partial charge in [0.25, 0.3) is 11.1 Å². The molecule has 1 aromatic rings. The number of carbonyl (C=O) groups is 3. The molecule has 1 aliphatic rings. The molecule has 92 valence electrons. The lowest BCUT2D eigenvalue weighted by molar-refractivity contribution is -0.131. The quantitative estimate of drug-likeness (QED) is 0.501. The Kier molecular flexibility index (Phi) is 3.47. The summed E-state index contributed by atoms with van der Waals surface area (Å²) in [7, 11) is 0. The molecule has 0 aromatic heterocycles. The third kappa shape index (κ3) is 2.98. The monoisotopic (exact) mass is 263 g/mol. The summed E-state index contributed by atoms with van der Waals surface area (Å²) in [6.07, 6.45) is 1.60. The Hall–Kier alpha value is -2.08. The molecule has 2 rings (SSSR count). The standard InChI is InChI=1S/C12H9NO4S/c1-7(14)17-9-4-2-8(3-5-9)6-10-11(15)13-12(16)18-10/h2-6H,1H3,(H,13,15,16)/b10-6+. The Labute approximate surface area is 107 Å². The van der Waals surface area contributed by atoms with E-state index in [4.69, 9.17) is 4.74 Å². The van der Waals surface area contributed by atoms with Crippen LogP contribution in [0.15, 0.2) is 29.2 Å². The molecule has 1 heterocycles. The van der Waals surface area contributed by atoms with Gasteiger partial charge in [-0.2, -0.15) is 0 Å². The first-order valence-electron chi connectivity index (χ1n) is 5.08. The summed E-state index contributed by atoms with van der Waals surface area (Å²) in [6.45, 7) is 1.32. The van der Waals surface area contributed by atoms with Crippen LogP contribution in [0.3, 0.4) is 0 Å². The van der Waals surface area contributed by atoms with Crippen molar-refractivity contribution in [3.8, 4) is 5.75 Å². The van der Waals surface area contributed by atoms with E-state index in [1.54, 1.807) is 30.3 Å². The van der Waals surface area contributed by atoms with Crippen molar-refractivity contribution >= 4 is 35.0 Å². The Morgan fingerprint density at radius 2 is 1.94 bits per heavy atom. The van der Waals surface area contributed by atoms with Gasteiger partial charge in [-0.05, 0) is 35.5 Å². The molecule has 0 aliphatic carbocycles. The molecule has 0 spiro atoms. The summed E-state index contributed by atoms with van der Waals surface area (Å²) in [5, 5.41) is 1.80. The predicted molar refractivity (Wildman–Crippen MR) is 66.9 cm³/mol. The van der Waals surface area contributed by atoms with Gasteiger partial charge in [-0.15, -0.1) is 0 Å². The summed E-state index contributed by atoms with van der Waals surface area (Å²) in [6, 6.07) is 6.63. The zero-order valence-electron chi connectivity index (χ0n) is 9.43. The first-order valence-corrected chi connectivity index (χ1v) is 5.89. The van der Waals surface area contributed by atoms with Crippen LogP contribution in [0.4, 0.5) is 4.79 Å². The molecule has 5 nitrogen and oxygen atoms in total. The minimum absolute atomic E-state index is 0.347. The summed E-state index contributed by atoms with van der Waals surface area (Å²) < 4.78 is 4.88. The number of carbonyl (C=O) groups excluding carboxylic acids is 3. The van der Waals surface area contributed by atoms with Gasteiger partial charge in [0.15, 0.2) is 0 Å². The number of ether oxygens (including phenoxy) is 1. The van der Waals surface area contributed by atoms with Gasteiger partial charge >= 0.3 is 5.97 Å². The van der Waals surface area contributed by atoms with Gasteiger partial charge in [-0.3, -0.25) is 19.7 Å². The lowest BCUT2D eigenvalue weighted by atomic mass is 10.2. The van der Waals surface area contributed by atoms with E-state index in [1.807, 2.05) is 0 Å². The normalized spacial score (nSPS) is 16.8. The predicted octanol–water partition coefficient (Wildman–Crippen LogP) is 1.94. The Morgan fingerprint density at radius 3 is 2.44 bits per heavy atom. The molecule has 0 unspecified atom stereocenters. The molecule has 0 radical (unpaired) electrons. The molecular formula is C12H9NO4S. The highest BCUT2D eigenvalue weighted by atomic mass is 32.2. The van der Waals surface area contributed by atoms with Crippen molar-refractivity contribution in [2.45, 2.75) is 6.92 Å². The molecule has 0 atom stereocenters. The SMILES string of the molecule is CC(=O)Oc1ccc(/C=C2/SC(=O)NC2=O)cc1. The maximum Gasteiger partial charge on any atom is 0.308 e. The van der Waals surface area contributed by atoms with Crippen LogP contribution in [-0.2, 0) is 9.59 Å². The van der Waals surface area contributed by atoms with Crippen molar-refractivity contribution in [1.29, 1.82) is 0 Å². The molecule has 1 aromatic carbocycles. The number of benzene rings is 1.